The first kappa shape index (κ1) is 15.7. The van der Waals surface area contributed by atoms with Crippen molar-refractivity contribution < 1.29 is 9.53 Å². The number of hydrogen-bond donors (Lipinski definition) is 0. The number of thioether (sulfide) groups is 1. The van der Waals surface area contributed by atoms with E-state index in [1.807, 2.05) is 23.1 Å². The Balaban J connectivity index is 1.51. The van der Waals surface area contributed by atoms with Crippen LogP contribution in [0.5, 0.6) is 0 Å². The van der Waals surface area contributed by atoms with E-state index >= 15 is 0 Å². The molecule has 7 heteroatoms. The number of carbonyl (C=O) groups is 1. The second-order valence-electron chi connectivity index (χ2n) is 6.07. The Labute approximate surface area is 145 Å². The monoisotopic (exact) mass is 344 g/mol. The highest BCUT2D eigenvalue weighted by Gasteiger charge is 2.31. The molecule has 2 fully saturated rings. The third-order valence-electron chi connectivity index (χ3n) is 4.30. The van der Waals surface area contributed by atoms with E-state index in [9.17, 15) is 4.79 Å². The summed E-state index contributed by atoms with van der Waals surface area (Å²) in [5, 5.41) is 9.54. The zero-order chi connectivity index (χ0) is 16.4. The van der Waals surface area contributed by atoms with Gasteiger partial charge in [-0.15, -0.1) is 10.2 Å². The Morgan fingerprint density at radius 3 is 2.62 bits per heavy atom. The van der Waals surface area contributed by atoms with Crippen LogP contribution >= 0.6 is 11.8 Å². The molecule has 24 heavy (non-hydrogen) atoms. The molecule has 2 heterocycles. The fourth-order valence-electron chi connectivity index (χ4n) is 2.83. The zero-order valence-electron chi connectivity index (χ0n) is 13.4. The van der Waals surface area contributed by atoms with Gasteiger partial charge in [-0.05, 0) is 25.0 Å². The van der Waals surface area contributed by atoms with E-state index in [2.05, 4.69) is 26.9 Å². The van der Waals surface area contributed by atoms with Gasteiger partial charge >= 0.3 is 0 Å². The SMILES string of the molecule is O=C(CSc1nnc(C2CC2)n1-c1ccccc1)N1CCOCC1. The van der Waals surface area contributed by atoms with Gasteiger partial charge in [0.25, 0.3) is 0 Å². The summed E-state index contributed by atoms with van der Waals surface area (Å²) in [4.78, 5) is 14.2. The molecule has 4 rings (SSSR count). The molecule has 0 unspecified atom stereocenters. The molecule has 0 bridgehead atoms. The highest BCUT2D eigenvalue weighted by atomic mass is 32.2. The summed E-state index contributed by atoms with van der Waals surface area (Å²) in [5.41, 5.74) is 1.06. The van der Waals surface area contributed by atoms with Crippen LogP contribution in [0.2, 0.25) is 0 Å². The third kappa shape index (κ3) is 3.32. The Kier molecular flexibility index (Phi) is 4.53. The fourth-order valence-corrected chi connectivity index (χ4v) is 3.69. The predicted octanol–water partition coefficient (Wildman–Crippen LogP) is 2.10. The van der Waals surface area contributed by atoms with E-state index in [0.29, 0.717) is 38.0 Å². The molecule has 1 aliphatic heterocycles. The number of carbonyl (C=O) groups excluding carboxylic acids is 1. The average molecular weight is 344 g/mol. The number of benzene rings is 1. The Hall–Kier alpha value is -1.86. The van der Waals surface area contributed by atoms with Crippen molar-refractivity contribution in [3.63, 3.8) is 0 Å². The van der Waals surface area contributed by atoms with Crippen LogP contribution in [-0.4, -0.2) is 57.6 Å². The number of morpholine rings is 1. The molecule has 1 aromatic heterocycles. The van der Waals surface area contributed by atoms with Gasteiger partial charge in [0.2, 0.25) is 5.91 Å². The maximum atomic E-state index is 12.4. The van der Waals surface area contributed by atoms with Crippen LogP contribution in [0.25, 0.3) is 5.69 Å². The van der Waals surface area contributed by atoms with E-state index in [1.165, 1.54) is 24.6 Å². The van der Waals surface area contributed by atoms with Crippen LogP contribution in [0.4, 0.5) is 0 Å². The summed E-state index contributed by atoms with van der Waals surface area (Å²) in [6.45, 7) is 2.61. The molecule has 0 atom stereocenters. The van der Waals surface area contributed by atoms with Gasteiger partial charge in [-0.25, -0.2) is 0 Å². The van der Waals surface area contributed by atoms with Gasteiger partial charge in [-0.1, -0.05) is 30.0 Å². The second kappa shape index (κ2) is 6.94. The molecule has 1 aromatic carbocycles. The molecule has 2 aromatic rings. The number of amides is 1. The maximum Gasteiger partial charge on any atom is 0.233 e. The Morgan fingerprint density at radius 2 is 1.92 bits per heavy atom. The minimum atomic E-state index is 0.138. The van der Waals surface area contributed by atoms with Gasteiger partial charge in [-0.3, -0.25) is 9.36 Å². The Bertz CT molecular complexity index is 709. The molecular formula is C17H20N4O2S. The van der Waals surface area contributed by atoms with Gasteiger partial charge in [-0.2, -0.15) is 0 Å². The second-order valence-corrected chi connectivity index (χ2v) is 7.01. The van der Waals surface area contributed by atoms with Gasteiger partial charge in [0.15, 0.2) is 5.16 Å². The lowest BCUT2D eigenvalue weighted by Crippen LogP contribution is -2.41. The number of ether oxygens (including phenoxy) is 1. The average Bonchev–Trinajstić information content (AvgIpc) is 3.40. The normalized spacial score (nSPS) is 17.9. The molecule has 1 amide bonds. The first-order valence-corrected chi connectivity index (χ1v) is 9.30. The number of hydrogen-bond acceptors (Lipinski definition) is 5. The summed E-state index contributed by atoms with van der Waals surface area (Å²) < 4.78 is 7.41. The Morgan fingerprint density at radius 1 is 1.17 bits per heavy atom. The molecule has 6 nitrogen and oxygen atoms in total. The van der Waals surface area contributed by atoms with Crippen molar-refractivity contribution in [2.45, 2.75) is 23.9 Å². The van der Waals surface area contributed by atoms with Gasteiger partial charge in [0.05, 0.1) is 19.0 Å². The van der Waals surface area contributed by atoms with Crippen LogP contribution in [0.15, 0.2) is 35.5 Å². The summed E-state index contributed by atoms with van der Waals surface area (Å²) in [7, 11) is 0. The van der Waals surface area contributed by atoms with Gasteiger partial charge in [0, 0.05) is 24.7 Å². The maximum absolute atomic E-state index is 12.4. The fraction of sp³-hybridized carbons (Fsp3) is 0.471. The van der Waals surface area contributed by atoms with Crippen molar-refractivity contribution >= 4 is 17.7 Å². The minimum absolute atomic E-state index is 0.138. The smallest absolute Gasteiger partial charge is 0.233 e. The quantitative estimate of drug-likeness (QED) is 0.778. The van der Waals surface area contributed by atoms with Crippen LogP contribution in [-0.2, 0) is 9.53 Å². The molecule has 0 spiro atoms. The molecule has 2 aliphatic rings. The first-order chi connectivity index (χ1) is 11.8. The molecule has 1 saturated carbocycles. The van der Waals surface area contributed by atoms with Crippen molar-refractivity contribution in [2.24, 2.45) is 0 Å². The van der Waals surface area contributed by atoms with Crippen LogP contribution in [0.1, 0.15) is 24.6 Å². The molecule has 1 saturated heterocycles. The van der Waals surface area contributed by atoms with Gasteiger partial charge < -0.3 is 9.64 Å². The van der Waals surface area contributed by atoms with Crippen molar-refractivity contribution in [2.75, 3.05) is 32.1 Å². The molecule has 0 radical (unpaired) electrons. The number of para-hydroxylation sites is 1. The third-order valence-corrected chi connectivity index (χ3v) is 5.22. The summed E-state index contributed by atoms with van der Waals surface area (Å²) in [6.07, 6.45) is 2.34. The lowest BCUT2D eigenvalue weighted by molar-refractivity contribution is -0.132. The van der Waals surface area contributed by atoms with E-state index in [0.717, 1.165) is 16.7 Å². The lowest BCUT2D eigenvalue weighted by Gasteiger charge is -2.26. The number of rotatable bonds is 5. The molecule has 1 aliphatic carbocycles. The standard InChI is InChI=1S/C17H20N4O2S/c22-15(20-8-10-23-11-9-20)12-24-17-19-18-16(13-6-7-13)21(17)14-4-2-1-3-5-14/h1-5,13H,6-12H2. The van der Waals surface area contributed by atoms with E-state index < -0.39 is 0 Å². The topological polar surface area (TPSA) is 60.2 Å². The van der Waals surface area contributed by atoms with E-state index in [4.69, 9.17) is 4.74 Å². The minimum Gasteiger partial charge on any atom is -0.378 e. The summed E-state index contributed by atoms with van der Waals surface area (Å²) in [5.74, 6) is 2.04. The van der Waals surface area contributed by atoms with Crippen LogP contribution in [0, 0.1) is 0 Å². The van der Waals surface area contributed by atoms with Crippen molar-refractivity contribution in [1.29, 1.82) is 0 Å². The molecule has 126 valence electrons. The molecule has 0 N–H and O–H groups in total. The zero-order valence-corrected chi connectivity index (χ0v) is 14.2. The first-order valence-electron chi connectivity index (χ1n) is 8.32. The van der Waals surface area contributed by atoms with Crippen LogP contribution in [0.3, 0.4) is 0 Å². The highest BCUT2D eigenvalue weighted by Crippen LogP contribution is 2.41. The van der Waals surface area contributed by atoms with Gasteiger partial charge in [0.1, 0.15) is 5.82 Å². The molecular weight excluding hydrogens is 324 g/mol. The van der Waals surface area contributed by atoms with Crippen LogP contribution < -0.4 is 0 Å². The van der Waals surface area contributed by atoms with Crippen molar-refractivity contribution in [3.8, 4) is 5.69 Å². The number of aromatic nitrogens is 3. The highest BCUT2D eigenvalue weighted by molar-refractivity contribution is 7.99. The number of nitrogens with zero attached hydrogens (tertiary/aromatic N) is 4. The van der Waals surface area contributed by atoms with E-state index in [1.54, 1.807) is 0 Å². The summed E-state index contributed by atoms with van der Waals surface area (Å²) >= 11 is 1.47. The predicted molar refractivity (Wildman–Crippen MR) is 91.5 cm³/mol. The van der Waals surface area contributed by atoms with E-state index in [-0.39, 0.29) is 5.91 Å². The lowest BCUT2D eigenvalue weighted by atomic mass is 10.3. The van der Waals surface area contributed by atoms with Crippen molar-refractivity contribution in [1.82, 2.24) is 19.7 Å². The summed E-state index contributed by atoms with van der Waals surface area (Å²) in [6, 6.07) is 10.1. The van der Waals surface area contributed by atoms with Crippen molar-refractivity contribution in [3.05, 3.63) is 36.2 Å². The largest absolute Gasteiger partial charge is 0.378 e.